The predicted octanol–water partition coefficient (Wildman–Crippen LogP) is 0.679. The molecule has 126 valence electrons. The van der Waals surface area contributed by atoms with Gasteiger partial charge in [-0.05, 0) is 25.5 Å². The molecule has 0 spiro atoms. The lowest BCUT2D eigenvalue weighted by Gasteiger charge is -2.35. The van der Waals surface area contributed by atoms with Gasteiger partial charge in [0.05, 0.1) is 17.5 Å². The molecule has 1 aromatic carbocycles. The van der Waals surface area contributed by atoms with Crippen molar-refractivity contribution in [1.82, 2.24) is 10.2 Å². The third-order valence-electron chi connectivity index (χ3n) is 4.11. The Hall–Kier alpha value is -1.89. The van der Waals surface area contributed by atoms with Crippen molar-refractivity contribution in [2.24, 2.45) is 0 Å². The standard InChI is InChI=1S/C16H22N2O4S/c1-11-4-5-12(2)14(8-11)16(20)18-6-7-23(21,22)10-13(18)9-15(19)17-3/h4-5,8,13H,6-7,9-10H2,1-3H3,(H,17,19). The minimum Gasteiger partial charge on any atom is -0.359 e. The molecule has 0 aliphatic carbocycles. The summed E-state index contributed by atoms with van der Waals surface area (Å²) in [6, 6.07) is 4.98. The lowest BCUT2D eigenvalue weighted by Crippen LogP contribution is -2.52. The summed E-state index contributed by atoms with van der Waals surface area (Å²) in [7, 11) is -1.73. The van der Waals surface area contributed by atoms with Gasteiger partial charge in [-0.15, -0.1) is 0 Å². The highest BCUT2D eigenvalue weighted by Gasteiger charge is 2.35. The van der Waals surface area contributed by atoms with E-state index in [1.807, 2.05) is 26.0 Å². The molecule has 1 N–H and O–H groups in total. The van der Waals surface area contributed by atoms with E-state index < -0.39 is 15.9 Å². The quantitative estimate of drug-likeness (QED) is 0.878. The van der Waals surface area contributed by atoms with Crippen molar-refractivity contribution in [3.8, 4) is 0 Å². The van der Waals surface area contributed by atoms with E-state index >= 15 is 0 Å². The predicted molar refractivity (Wildman–Crippen MR) is 88.1 cm³/mol. The van der Waals surface area contributed by atoms with Crippen molar-refractivity contribution >= 4 is 21.7 Å². The topological polar surface area (TPSA) is 83.6 Å². The summed E-state index contributed by atoms with van der Waals surface area (Å²) in [6.07, 6.45) is -0.00761. The van der Waals surface area contributed by atoms with E-state index in [0.29, 0.717) is 5.56 Å². The van der Waals surface area contributed by atoms with Gasteiger partial charge >= 0.3 is 0 Å². The molecule has 1 unspecified atom stereocenters. The number of aryl methyl sites for hydroxylation is 2. The second-order valence-electron chi connectivity index (χ2n) is 5.96. The number of nitrogens with zero attached hydrogens (tertiary/aromatic N) is 1. The first kappa shape index (κ1) is 17.5. The van der Waals surface area contributed by atoms with Crippen LogP contribution in [0.25, 0.3) is 0 Å². The van der Waals surface area contributed by atoms with Gasteiger partial charge in [-0.25, -0.2) is 8.42 Å². The second kappa shape index (κ2) is 6.70. The average Bonchev–Trinajstić information content (AvgIpc) is 2.48. The Bertz CT molecular complexity index is 728. The van der Waals surface area contributed by atoms with Crippen molar-refractivity contribution in [2.45, 2.75) is 26.3 Å². The van der Waals surface area contributed by atoms with Crippen molar-refractivity contribution in [3.63, 3.8) is 0 Å². The molecule has 1 fully saturated rings. The van der Waals surface area contributed by atoms with E-state index in [9.17, 15) is 18.0 Å². The number of hydrogen-bond acceptors (Lipinski definition) is 4. The lowest BCUT2D eigenvalue weighted by atomic mass is 10.0. The van der Waals surface area contributed by atoms with Gasteiger partial charge in [-0.2, -0.15) is 0 Å². The van der Waals surface area contributed by atoms with E-state index in [4.69, 9.17) is 0 Å². The molecule has 0 saturated carbocycles. The highest BCUT2D eigenvalue weighted by molar-refractivity contribution is 7.91. The Balaban J connectivity index is 2.32. The summed E-state index contributed by atoms with van der Waals surface area (Å²) in [5.41, 5.74) is 2.37. The van der Waals surface area contributed by atoms with Gasteiger partial charge in [0.1, 0.15) is 0 Å². The summed E-state index contributed by atoms with van der Waals surface area (Å²) in [5.74, 6) is -0.717. The van der Waals surface area contributed by atoms with Crippen molar-refractivity contribution in [1.29, 1.82) is 0 Å². The van der Waals surface area contributed by atoms with Crippen LogP contribution in [-0.4, -0.2) is 56.3 Å². The first-order chi connectivity index (χ1) is 10.7. The van der Waals surface area contributed by atoms with Gasteiger partial charge in [-0.3, -0.25) is 9.59 Å². The van der Waals surface area contributed by atoms with Crippen LogP contribution in [0.15, 0.2) is 18.2 Å². The van der Waals surface area contributed by atoms with E-state index in [1.165, 1.54) is 11.9 Å². The van der Waals surface area contributed by atoms with E-state index in [0.717, 1.165) is 11.1 Å². The zero-order valence-electron chi connectivity index (χ0n) is 13.6. The molecule has 0 bridgehead atoms. The molecule has 1 atom stereocenters. The number of benzene rings is 1. The normalized spacial score (nSPS) is 20.1. The highest BCUT2D eigenvalue weighted by Crippen LogP contribution is 2.20. The Morgan fingerprint density at radius 2 is 2.00 bits per heavy atom. The SMILES string of the molecule is CNC(=O)CC1CS(=O)(=O)CCN1C(=O)c1cc(C)ccc1C. The Morgan fingerprint density at radius 3 is 2.65 bits per heavy atom. The summed E-state index contributed by atoms with van der Waals surface area (Å²) in [6.45, 7) is 3.87. The molecule has 6 nitrogen and oxygen atoms in total. The summed E-state index contributed by atoms with van der Waals surface area (Å²) >= 11 is 0. The first-order valence-electron chi connectivity index (χ1n) is 7.53. The van der Waals surface area contributed by atoms with Crippen LogP contribution in [0.3, 0.4) is 0 Å². The Kier molecular flexibility index (Phi) is 5.09. The molecule has 0 radical (unpaired) electrons. The minimum absolute atomic E-state index is 0.00761. The van der Waals surface area contributed by atoms with Crippen LogP contribution < -0.4 is 5.32 Å². The van der Waals surface area contributed by atoms with Crippen LogP contribution >= 0.6 is 0 Å². The first-order valence-corrected chi connectivity index (χ1v) is 9.35. The maximum atomic E-state index is 12.9. The fourth-order valence-electron chi connectivity index (χ4n) is 2.76. The molecule has 1 heterocycles. The summed E-state index contributed by atoms with van der Waals surface area (Å²) in [4.78, 5) is 26.1. The molecular weight excluding hydrogens is 316 g/mol. The van der Waals surface area contributed by atoms with Gasteiger partial charge < -0.3 is 10.2 Å². The van der Waals surface area contributed by atoms with Gasteiger partial charge in [0.25, 0.3) is 5.91 Å². The van der Waals surface area contributed by atoms with Crippen LogP contribution in [0.5, 0.6) is 0 Å². The Morgan fingerprint density at radius 1 is 1.30 bits per heavy atom. The van der Waals surface area contributed by atoms with Gasteiger partial charge in [-0.1, -0.05) is 17.7 Å². The van der Waals surface area contributed by atoms with E-state index in [1.54, 1.807) is 6.07 Å². The Labute approximate surface area is 136 Å². The molecule has 2 amide bonds. The number of carbonyl (C=O) groups is 2. The number of rotatable bonds is 3. The van der Waals surface area contributed by atoms with Crippen LogP contribution in [-0.2, 0) is 14.6 Å². The number of amides is 2. The smallest absolute Gasteiger partial charge is 0.254 e. The zero-order chi connectivity index (χ0) is 17.2. The summed E-state index contributed by atoms with van der Waals surface area (Å²) < 4.78 is 23.8. The molecule has 1 aliphatic heterocycles. The zero-order valence-corrected chi connectivity index (χ0v) is 14.4. The third kappa shape index (κ3) is 4.10. The molecule has 7 heteroatoms. The van der Waals surface area contributed by atoms with Crippen LogP contribution in [0.1, 0.15) is 27.9 Å². The molecule has 1 aliphatic rings. The van der Waals surface area contributed by atoms with E-state index in [-0.39, 0.29) is 36.3 Å². The average molecular weight is 338 g/mol. The minimum atomic E-state index is -3.23. The molecular formula is C16H22N2O4S. The number of hydrogen-bond donors (Lipinski definition) is 1. The highest BCUT2D eigenvalue weighted by atomic mass is 32.2. The van der Waals surface area contributed by atoms with Crippen molar-refractivity contribution < 1.29 is 18.0 Å². The molecule has 1 aromatic rings. The molecule has 23 heavy (non-hydrogen) atoms. The van der Waals surface area contributed by atoms with Gasteiger partial charge in [0.15, 0.2) is 9.84 Å². The van der Waals surface area contributed by atoms with E-state index in [2.05, 4.69) is 5.32 Å². The van der Waals surface area contributed by atoms with Crippen LogP contribution in [0, 0.1) is 13.8 Å². The number of carbonyl (C=O) groups excluding carboxylic acids is 2. The summed E-state index contributed by atoms with van der Waals surface area (Å²) in [5, 5.41) is 2.49. The third-order valence-corrected chi connectivity index (χ3v) is 5.81. The molecule has 0 aromatic heterocycles. The largest absolute Gasteiger partial charge is 0.359 e. The van der Waals surface area contributed by atoms with Crippen LogP contribution in [0.4, 0.5) is 0 Å². The van der Waals surface area contributed by atoms with Gasteiger partial charge in [0.2, 0.25) is 5.91 Å². The van der Waals surface area contributed by atoms with Crippen LogP contribution in [0.2, 0.25) is 0 Å². The monoisotopic (exact) mass is 338 g/mol. The lowest BCUT2D eigenvalue weighted by molar-refractivity contribution is -0.121. The maximum absolute atomic E-state index is 12.9. The fourth-order valence-corrected chi connectivity index (χ4v) is 4.29. The number of nitrogens with one attached hydrogen (secondary N) is 1. The number of sulfone groups is 1. The van der Waals surface area contributed by atoms with Crippen molar-refractivity contribution in [2.75, 3.05) is 25.1 Å². The maximum Gasteiger partial charge on any atom is 0.254 e. The second-order valence-corrected chi connectivity index (χ2v) is 8.19. The molecule has 1 saturated heterocycles. The molecule has 2 rings (SSSR count). The van der Waals surface area contributed by atoms with Crippen molar-refractivity contribution in [3.05, 3.63) is 34.9 Å². The van der Waals surface area contributed by atoms with Gasteiger partial charge in [0, 0.05) is 25.6 Å². The fraction of sp³-hybridized carbons (Fsp3) is 0.500.